The third kappa shape index (κ3) is 2.96. The van der Waals surface area contributed by atoms with Gasteiger partial charge in [-0.15, -0.1) is 0 Å². The van der Waals surface area contributed by atoms with Gasteiger partial charge in [-0.3, -0.25) is 4.98 Å². The summed E-state index contributed by atoms with van der Waals surface area (Å²) < 4.78 is 0. The van der Waals surface area contributed by atoms with Crippen molar-refractivity contribution in [2.45, 2.75) is 31.7 Å². The normalized spacial score (nSPS) is 20.6. The molecule has 1 aliphatic heterocycles. The predicted octanol–water partition coefficient (Wildman–Crippen LogP) is 0.917. The fourth-order valence-electron chi connectivity index (χ4n) is 2.65. The summed E-state index contributed by atoms with van der Waals surface area (Å²) in [5, 5.41) is 21.1. The molecule has 1 aromatic heterocycles. The minimum atomic E-state index is 0.0886. The van der Waals surface area contributed by atoms with E-state index < -0.39 is 0 Å². The third-order valence-electron chi connectivity index (χ3n) is 3.58. The molecule has 0 aromatic carbocycles. The van der Waals surface area contributed by atoms with Gasteiger partial charge in [0.15, 0.2) is 5.84 Å². The highest BCUT2D eigenvalue weighted by Gasteiger charge is 2.24. The molecule has 1 unspecified atom stereocenters. The number of oxime groups is 1. The number of aliphatic hydroxyl groups is 1. The number of nitrogens with zero attached hydrogens (tertiary/aromatic N) is 3. The van der Waals surface area contributed by atoms with Crippen molar-refractivity contribution in [1.82, 2.24) is 4.98 Å². The van der Waals surface area contributed by atoms with Crippen molar-refractivity contribution < 1.29 is 10.3 Å². The van der Waals surface area contributed by atoms with Gasteiger partial charge in [-0.05, 0) is 31.7 Å². The van der Waals surface area contributed by atoms with Crippen LogP contribution in [0.3, 0.4) is 0 Å². The number of anilines is 1. The Morgan fingerprint density at radius 3 is 3.11 bits per heavy atom. The number of pyridine rings is 1. The van der Waals surface area contributed by atoms with Crippen LogP contribution in [0.1, 0.15) is 31.2 Å². The number of hydrogen-bond donors (Lipinski definition) is 3. The number of aliphatic hydroxyl groups excluding tert-OH is 1. The molecule has 0 radical (unpaired) electrons. The van der Waals surface area contributed by atoms with Crippen molar-refractivity contribution >= 4 is 11.5 Å². The van der Waals surface area contributed by atoms with Gasteiger partial charge in [0.05, 0.1) is 11.9 Å². The van der Waals surface area contributed by atoms with Crippen LogP contribution in [0.25, 0.3) is 0 Å². The highest BCUT2D eigenvalue weighted by atomic mass is 16.4. The Bertz CT molecular complexity index is 448. The molecule has 1 atom stereocenters. The molecule has 1 aliphatic rings. The first-order chi connectivity index (χ1) is 9.27. The summed E-state index contributed by atoms with van der Waals surface area (Å²) in [5.74, 6) is 0.0886. The van der Waals surface area contributed by atoms with Gasteiger partial charge in [0.25, 0.3) is 0 Å². The maximum absolute atomic E-state index is 9.18. The summed E-state index contributed by atoms with van der Waals surface area (Å²) in [6.45, 7) is 1.07. The first kappa shape index (κ1) is 13.6. The van der Waals surface area contributed by atoms with E-state index >= 15 is 0 Å². The van der Waals surface area contributed by atoms with Crippen LogP contribution in [0, 0.1) is 0 Å². The molecular weight excluding hydrogens is 244 g/mol. The Labute approximate surface area is 112 Å². The van der Waals surface area contributed by atoms with E-state index in [-0.39, 0.29) is 18.5 Å². The van der Waals surface area contributed by atoms with Gasteiger partial charge in [-0.25, -0.2) is 0 Å². The fraction of sp³-hybridized carbons (Fsp3) is 0.538. The fourth-order valence-corrected chi connectivity index (χ4v) is 2.65. The predicted molar refractivity (Wildman–Crippen MR) is 73.4 cm³/mol. The van der Waals surface area contributed by atoms with E-state index in [4.69, 9.17) is 10.9 Å². The number of piperidine rings is 1. The van der Waals surface area contributed by atoms with Crippen LogP contribution in [0.4, 0.5) is 5.69 Å². The molecule has 1 saturated heterocycles. The van der Waals surface area contributed by atoms with Gasteiger partial charge in [0.1, 0.15) is 0 Å². The zero-order valence-corrected chi connectivity index (χ0v) is 10.9. The second-order valence-electron chi connectivity index (χ2n) is 4.73. The van der Waals surface area contributed by atoms with Crippen molar-refractivity contribution in [2.24, 2.45) is 10.9 Å². The molecule has 0 aliphatic carbocycles. The Morgan fingerprint density at radius 2 is 2.37 bits per heavy atom. The van der Waals surface area contributed by atoms with Crippen LogP contribution in [0.15, 0.2) is 23.6 Å². The van der Waals surface area contributed by atoms with Crippen molar-refractivity contribution in [1.29, 1.82) is 0 Å². The first-order valence-electron chi connectivity index (χ1n) is 6.57. The lowest BCUT2D eigenvalue weighted by molar-refractivity contribution is 0.262. The number of nitrogens with two attached hydrogens (primary N) is 1. The first-order valence-corrected chi connectivity index (χ1v) is 6.57. The molecule has 1 fully saturated rings. The summed E-state index contributed by atoms with van der Waals surface area (Å²) in [7, 11) is 0. The molecule has 4 N–H and O–H groups in total. The van der Waals surface area contributed by atoms with E-state index in [9.17, 15) is 5.11 Å². The standard InChI is InChI=1S/C13H20N4O2/c14-13(16-19)11-4-6-15-9-12(11)17-7-2-1-3-10(17)5-8-18/h4,6,9-10,18-19H,1-3,5,7-8H2,(H2,14,16). The van der Waals surface area contributed by atoms with Crippen LogP contribution >= 0.6 is 0 Å². The summed E-state index contributed by atoms with van der Waals surface area (Å²) >= 11 is 0. The highest BCUT2D eigenvalue weighted by Crippen LogP contribution is 2.28. The second-order valence-corrected chi connectivity index (χ2v) is 4.73. The lowest BCUT2D eigenvalue weighted by Crippen LogP contribution is -2.41. The van der Waals surface area contributed by atoms with Crippen molar-refractivity contribution in [2.75, 3.05) is 18.1 Å². The molecule has 0 spiro atoms. The zero-order valence-electron chi connectivity index (χ0n) is 10.9. The molecule has 6 heteroatoms. The number of hydrogen-bond acceptors (Lipinski definition) is 5. The quantitative estimate of drug-likeness (QED) is 0.325. The Kier molecular flexibility index (Phi) is 4.57. The van der Waals surface area contributed by atoms with Crippen LogP contribution in [0.2, 0.25) is 0 Å². The lowest BCUT2D eigenvalue weighted by Gasteiger charge is -2.38. The van der Waals surface area contributed by atoms with Gasteiger partial charge in [-0.2, -0.15) is 0 Å². The van der Waals surface area contributed by atoms with E-state index in [1.54, 1.807) is 18.5 Å². The van der Waals surface area contributed by atoms with Crippen LogP contribution in [-0.4, -0.2) is 40.3 Å². The molecule has 1 aromatic rings. The van der Waals surface area contributed by atoms with Crippen LogP contribution in [-0.2, 0) is 0 Å². The van der Waals surface area contributed by atoms with E-state index in [0.29, 0.717) is 5.56 Å². The minimum absolute atomic E-state index is 0.0886. The number of amidine groups is 1. The minimum Gasteiger partial charge on any atom is -0.409 e. The van der Waals surface area contributed by atoms with Gasteiger partial charge >= 0.3 is 0 Å². The molecule has 2 heterocycles. The average Bonchev–Trinajstić information content (AvgIpc) is 2.47. The van der Waals surface area contributed by atoms with Crippen LogP contribution in [0.5, 0.6) is 0 Å². The summed E-state index contributed by atoms with van der Waals surface area (Å²) in [5.41, 5.74) is 7.27. The van der Waals surface area contributed by atoms with Crippen molar-refractivity contribution in [3.8, 4) is 0 Å². The topological polar surface area (TPSA) is 95.0 Å². The summed E-state index contributed by atoms with van der Waals surface area (Å²) in [6, 6.07) is 2.03. The molecule has 0 bridgehead atoms. The second kappa shape index (κ2) is 6.38. The van der Waals surface area contributed by atoms with Gasteiger partial charge in [0.2, 0.25) is 0 Å². The molecule has 6 nitrogen and oxygen atoms in total. The maximum atomic E-state index is 9.18. The number of rotatable bonds is 4. The van der Waals surface area contributed by atoms with E-state index in [1.807, 2.05) is 0 Å². The van der Waals surface area contributed by atoms with E-state index in [0.717, 1.165) is 31.5 Å². The maximum Gasteiger partial charge on any atom is 0.172 e. The lowest BCUT2D eigenvalue weighted by atomic mass is 9.98. The molecule has 2 rings (SSSR count). The molecule has 0 amide bonds. The van der Waals surface area contributed by atoms with Gasteiger partial charge in [-0.1, -0.05) is 5.16 Å². The summed E-state index contributed by atoms with van der Waals surface area (Å²) in [6.07, 6.45) is 7.41. The molecule has 104 valence electrons. The van der Waals surface area contributed by atoms with Gasteiger partial charge in [0, 0.05) is 31.0 Å². The highest BCUT2D eigenvalue weighted by molar-refractivity contribution is 6.02. The largest absolute Gasteiger partial charge is 0.409 e. The average molecular weight is 264 g/mol. The number of aromatic nitrogens is 1. The Morgan fingerprint density at radius 1 is 1.53 bits per heavy atom. The summed E-state index contributed by atoms with van der Waals surface area (Å²) in [4.78, 5) is 6.34. The Balaban J connectivity index is 2.33. The van der Waals surface area contributed by atoms with Crippen molar-refractivity contribution in [3.05, 3.63) is 24.0 Å². The molecular formula is C13H20N4O2. The SMILES string of the molecule is N/C(=N/O)c1ccncc1N1CCCCC1CCO. The molecule has 0 saturated carbocycles. The smallest absolute Gasteiger partial charge is 0.172 e. The van der Waals surface area contributed by atoms with E-state index in [2.05, 4.69) is 15.0 Å². The Hall–Kier alpha value is -1.82. The monoisotopic (exact) mass is 264 g/mol. The van der Waals surface area contributed by atoms with E-state index in [1.165, 1.54) is 6.42 Å². The van der Waals surface area contributed by atoms with Crippen LogP contribution < -0.4 is 10.6 Å². The zero-order chi connectivity index (χ0) is 13.7. The molecule has 19 heavy (non-hydrogen) atoms. The third-order valence-corrected chi connectivity index (χ3v) is 3.58. The van der Waals surface area contributed by atoms with Crippen molar-refractivity contribution in [3.63, 3.8) is 0 Å². The van der Waals surface area contributed by atoms with Gasteiger partial charge < -0.3 is 20.9 Å².